The first kappa shape index (κ1) is 20.5. The minimum atomic E-state index is -0.481. The van der Waals surface area contributed by atoms with Crippen molar-refractivity contribution in [1.82, 2.24) is 5.32 Å². The maximum Gasteiger partial charge on any atom is 0.306 e. The second kappa shape index (κ2) is 9.76. The van der Waals surface area contributed by atoms with Crippen LogP contribution in [0.2, 0.25) is 0 Å². The molecule has 0 saturated heterocycles. The van der Waals surface area contributed by atoms with Gasteiger partial charge in [-0.05, 0) is 57.0 Å². The summed E-state index contributed by atoms with van der Waals surface area (Å²) < 4.78 is 10.9. The Morgan fingerprint density at radius 1 is 0.963 bits per heavy atom. The molecule has 27 heavy (non-hydrogen) atoms. The molecule has 2 rings (SSSR count). The van der Waals surface area contributed by atoms with Crippen LogP contribution in [0.4, 0.5) is 0 Å². The van der Waals surface area contributed by atoms with Crippen molar-refractivity contribution in [2.45, 2.75) is 45.8 Å². The molecule has 2 aromatic rings. The summed E-state index contributed by atoms with van der Waals surface area (Å²) in [6, 6.07) is 16.9. The Hall–Kier alpha value is -2.82. The zero-order valence-corrected chi connectivity index (χ0v) is 16.2. The molecular weight excluding hydrogens is 342 g/mol. The fourth-order valence-electron chi connectivity index (χ4n) is 2.37. The van der Waals surface area contributed by atoms with Crippen LogP contribution in [-0.2, 0) is 16.1 Å². The van der Waals surface area contributed by atoms with E-state index in [1.165, 1.54) is 0 Å². The zero-order chi connectivity index (χ0) is 19.7. The molecule has 0 spiro atoms. The second-order valence-electron chi connectivity index (χ2n) is 7.24. The smallest absolute Gasteiger partial charge is 0.306 e. The maximum atomic E-state index is 12.1. The number of esters is 1. The van der Waals surface area contributed by atoms with Crippen LogP contribution in [0.25, 0.3) is 0 Å². The molecule has 0 aromatic heterocycles. The topological polar surface area (TPSA) is 64.6 Å². The van der Waals surface area contributed by atoms with E-state index >= 15 is 0 Å². The highest BCUT2D eigenvalue weighted by atomic mass is 16.6. The van der Waals surface area contributed by atoms with E-state index in [0.29, 0.717) is 30.9 Å². The highest BCUT2D eigenvalue weighted by molar-refractivity contribution is 5.94. The zero-order valence-electron chi connectivity index (χ0n) is 16.2. The van der Waals surface area contributed by atoms with Gasteiger partial charge in [0.05, 0.1) is 0 Å². The van der Waals surface area contributed by atoms with Gasteiger partial charge in [0.2, 0.25) is 0 Å². The van der Waals surface area contributed by atoms with Gasteiger partial charge in [0.25, 0.3) is 5.91 Å². The molecule has 0 aliphatic heterocycles. The fourth-order valence-corrected chi connectivity index (χ4v) is 2.37. The van der Waals surface area contributed by atoms with E-state index < -0.39 is 5.60 Å². The third-order valence-electron chi connectivity index (χ3n) is 3.63. The predicted octanol–water partition coefficient (Wildman–Crippen LogP) is 4.12. The molecule has 5 heteroatoms. The van der Waals surface area contributed by atoms with E-state index in [9.17, 15) is 9.59 Å². The number of carbonyl (C=O) groups excluding carboxylic acids is 2. The predicted molar refractivity (Wildman–Crippen MR) is 105 cm³/mol. The molecule has 5 nitrogen and oxygen atoms in total. The Labute approximate surface area is 160 Å². The molecule has 144 valence electrons. The van der Waals surface area contributed by atoms with Crippen LogP contribution in [0.1, 0.15) is 49.5 Å². The SMILES string of the molecule is CC(C)(C)OC(=O)CCCNC(=O)c1ccc(OCc2ccccc2)cc1. The Kier molecular flexibility index (Phi) is 7.41. The normalized spacial score (nSPS) is 10.9. The minimum Gasteiger partial charge on any atom is -0.489 e. The number of hydrogen-bond acceptors (Lipinski definition) is 4. The first-order valence-corrected chi connectivity index (χ1v) is 9.10. The van der Waals surface area contributed by atoms with Gasteiger partial charge >= 0.3 is 5.97 Å². The average molecular weight is 369 g/mol. The number of nitrogens with one attached hydrogen (secondary N) is 1. The van der Waals surface area contributed by atoms with E-state index in [1.54, 1.807) is 24.3 Å². The van der Waals surface area contributed by atoms with Crippen molar-refractivity contribution in [1.29, 1.82) is 0 Å². The Bertz CT molecular complexity index is 733. The highest BCUT2D eigenvalue weighted by Crippen LogP contribution is 2.14. The second-order valence-corrected chi connectivity index (χ2v) is 7.24. The van der Waals surface area contributed by atoms with Gasteiger partial charge < -0.3 is 14.8 Å². The Morgan fingerprint density at radius 2 is 1.63 bits per heavy atom. The third-order valence-corrected chi connectivity index (χ3v) is 3.63. The Balaban J connectivity index is 1.71. The van der Waals surface area contributed by atoms with E-state index in [2.05, 4.69) is 5.32 Å². The van der Waals surface area contributed by atoms with Gasteiger partial charge in [0, 0.05) is 18.5 Å². The lowest BCUT2D eigenvalue weighted by atomic mass is 10.2. The molecule has 0 radical (unpaired) electrons. The molecule has 0 aliphatic rings. The van der Waals surface area contributed by atoms with Crippen molar-refractivity contribution in [3.8, 4) is 5.75 Å². The molecule has 0 fully saturated rings. The van der Waals surface area contributed by atoms with Gasteiger partial charge in [0.15, 0.2) is 0 Å². The van der Waals surface area contributed by atoms with Crippen LogP contribution in [-0.4, -0.2) is 24.0 Å². The molecule has 0 atom stereocenters. The molecule has 0 saturated carbocycles. The number of ether oxygens (including phenoxy) is 2. The van der Waals surface area contributed by atoms with Crippen molar-refractivity contribution >= 4 is 11.9 Å². The molecule has 1 amide bonds. The number of rotatable bonds is 8. The van der Waals surface area contributed by atoms with Crippen molar-refractivity contribution in [2.24, 2.45) is 0 Å². The van der Waals surface area contributed by atoms with Gasteiger partial charge in [0.1, 0.15) is 18.0 Å². The fraction of sp³-hybridized carbons (Fsp3) is 0.364. The molecule has 2 aromatic carbocycles. The number of carbonyl (C=O) groups is 2. The summed E-state index contributed by atoms with van der Waals surface area (Å²) in [6.45, 7) is 6.40. The summed E-state index contributed by atoms with van der Waals surface area (Å²) in [5.41, 5.74) is 1.16. The van der Waals surface area contributed by atoms with Crippen LogP contribution in [0.5, 0.6) is 5.75 Å². The number of amides is 1. The van der Waals surface area contributed by atoms with Crippen molar-refractivity contribution in [3.63, 3.8) is 0 Å². The van der Waals surface area contributed by atoms with Gasteiger partial charge in [-0.15, -0.1) is 0 Å². The van der Waals surface area contributed by atoms with Crippen LogP contribution in [0, 0.1) is 0 Å². The Morgan fingerprint density at radius 3 is 2.26 bits per heavy atom. The van der Waals surface area contributed by atoms with Gasteiger partial charge in [-0.2, -0.15) is 0 Å². The van der Waals surface area contributed by atoms with Crippen LogP contribution in [0.3, 0.4) is 0 Å². The molecule has 0 heterocycles. The van der Waals surface area contributed by atoms with Gasteiger partial charge in [-0.3, -0.25) is 9.59 Å². The van der Waals surface area contributed by atoms with E-state index in [0.717, 1.165) is 5.56 Å². The summed E-state index contributed by atoms with van der Waals surface area (Å²) in [4.78, 5) is 23.8. The van der Waals surface area contributed by atoms with Crippen LogP contribution < -0.4 is 10.1 Å². The summed E-state index contributed by atoms with van der Waals surface area (Å²) >= 11 is 0. The number of hydrogen-bond donors (Lipinski definition) is 1. The molecule has 0 aliphatic carbocycles. The summed E-state index contributed by atoms with van der Waals surface area (Å²) in [6.07, 6.45) is 0.822. The lowest BCUT2D eigenvalue weighted by Gasteiger charge is -2.19. The standard InChI is InChI=1S/C22H27NO4/c1-22(2,3)27-20(24)10-7-15-23-21(25)18-11-13-19(14-12-18)26-16-17-8-5-4-6-9-17/h4-6,8-9,11-14H,7,10,15-16H2,1-3H3,(H,23,25). The molecular formula is C22H27NO4. The molecule has 1 N–H and O–H groups in total. The number of benzene rings is 2. The lowest BCUT2D eigenvalue weighted by Crippen LogP contribution is -2.27. The van der Waals surface area contributed by atoms with Gasteiger partial charge in [-0.1, -0.05) is 30.3 Å². The summed E-state index contributed by atoms with van der Waals surface area (Å²) in [5.74, 6) is 0.283. The highest BCUT2D eigenvalue weighted by Gasteiger charge is 2.15. The van der Waals surface area contributed by atoms with Crippen molar-refractivity contribution < 1.29 is 19.1 Å². The molecule has 0 unspecified atom stereocenters. The van der Waals surface area contributed by atoms with E-state index in [4.69, 9.17) is 9.47 Å². The van der Waals surface area contributed by atoms with Crippen LogP contribution in [0.15, 0.2) is 54.6 Å². The monoisotopic (exact) mass is 369 g/mol. The van der Waals surface area contributed by atoms with E-state index in [1.807, 2.05) is 51.1 Å². The minimum absolute atomic E-state index is 0.172. The molecule has 0 bridgehead atoms. The third kappa shape index (κ3) is 7.94. The lowest BCUT2D eigenvalue weighted by molar-refractivity contribution is -0.154. The average Bonchev–Trinajstić information content (AvgIpc) is 2.63. The summed E-state index contributed by atoms with van der Waals surface area (Å²) in [7, 11) is 0. The van der Waals surface area contributed by atoms with Crippen LogP contribution >= 0.6 is 0 Å². The summed E-state index contributed by atoms with van der Waals surface area (Å²) in [5, 5.41) is 2.81. The maximum absolute atomic E-state index is 12.1. The van der Waals surface area contributed by atoms with Crippen molar-refractivity contribution in [2.75, 3.05) is 6.54 Å². The van der Waals surface area contributed by atoms with E-state index in [-0.39, 0.29) is 18.3 Å². The first-order valence-electron chi connectivity index (χ1n) is 9.10. The quantitative estimate of drug-likeness (QED) is 0.562. The first-order chi connectivity index (χ1) is 12.8. The van der Waals surface area contributed by atoms with Gasteiger partial charge in [-0.25, -0.2) is 0 Å². The van der Waals surface area contributed by atoms with Crippen molar-refractivity contribution in [3.05, 3.63) is 65.7 Å². The largest absolute Gasteiger partial charge is 0.489 e.